The van der Waals surface area contributed by atoms with Crippen molar-refractivity contribution >= 4 is 23.2 Å². The lowest BCUT2D eigenvalue weighted by Crippen LogP contribution is -2.40. The maximum absolute atomic E-state index is 11.6. The summed E-state index contributed by atoms with van der Waals surface area (Å²) in [5.74, 6) is 0.205. The van der Waals surface area contributed by atoms with Gasteiger partial charge in [-0.05, 0) is 37.4 Å². The number of nitrogens with two attached hydrogens (primary N) is 1. The van der Waals surface area contributed by atoms with Crippen molar-refractivity contribution in [3.05, 3.63) is 28.8 Å². The molecule has 19 heavy (non-hydrogen) atoms. The molecule has 1 amide bonds. The van der Waals surface area contributed by atoms with Gasteiger partial charge in [0.2, 0.25) is 0 Å². The maximum Gasteiger partial charge on any atom is 0.252 e. The lowest BCUT2D eigenvalue weighted by molar-refractivity contribution is 0.100. The van der Waals surface area contributed by atoms with Crippen LogP contribution in [0, 0.1) is 5.92 Å². The molecule has 0 radical (unpaired) electrons. The van der Waals surface area contributed by atoms with E-state index in [1.807, 2.05) is 12.1 Å². The van der Waals surface area contributed by atoms with Crippen molar-refractivity contribution in [1.29, 1.82) is 0 Å². The number of carbonyl (C=O) groups is 1. The highest BCUT2D eigenvalue weighted by molar-refractivity contribution is 6.34. The van der Waals surface area contributed by atoms with Crippen LogP contribution in [0.2, 0.25) is 5.02 Å². The fourth-order valence-electron chi connectivity index (χ4n) is 3.26. The van der Waals surface area contributed by atoms with Gasteiger partial charge in [-0.15, -0.1) is 0 Å². The molecule has 3 rings (SSSR count). The van der Waals surface area contributed by atoms with E-state index < -0.39 is 5.91 Å². The first-order chi connectivity index (χ1) is 9.16. The smallest absolute Gasteiger partial charge is 0.252 e. The Bertz CT molecular complexity index is 491. The Morgan fingerprint density at radius 1 is 1.42 bits per heavy atom. The summed E-state index contributed by atoms with van der Waals surface area (Å²) in [6.07, 6.45) is 2.48. The van der Waals surface area contributed by atoms with Crippen LogP contribution in [0.3, 0.4) is 0 Å². The fraction of sp³-hybridized carbons (Fsp3) is 0.500. The molecular weight excluding hydrogens is 262 g/mol. The van der Waals surface area contributed by atoms with Crippen LogP contribution in [-0.4, -0.2) is 31.6 Å². The number of anilines is 1. The first-order valence-corrected chi connectivity index (χ1v) is 7.11. The fourth-order valence-corrected chi connectivity index (χ4v) is 3.53. The van der Waals surface area contributed by atoms with Crippen LogP contribution in [0.15, 0.2) is 18.2 Å². The van der Waals surface area contributed by atoms with Crippen molar-refractivity contribution in [1.82, 2.24) is 5.32 Å². The lowest BCUT2D eigenvalue weighted by atomic mass is 9.94. The summed E-state index contributed by atoms with van der Waals surface area (Å²) < 4.78 is 0. The van der Waals surface area contributed by atoms with Gasteiger partial charge in [-0.25, -0.2) is 0 Å². The number of hydrogen-bond donors (Lipinski definition) is 2. The van der Waals surface area contributed by atoms with Gasteiger partial charge in [0, 0.05) is 19.1 Å². The van der Waals surface area contributed by atoms with Gasteiger partial charge in [-0.1, -0.05) is 17.7 Å². The highest BCUT2D eigenvalue weighted by atomic mass is 35.5. The minimum absolute atomic E-state index is 0.438. The number of nitrogens with zero attached hydrogens (tertiary/aromatic N) is 1. The number of nitrogens with one attached hydrogen (secondary N) is 1. The van der Waals surface area contributed by atoms with Gasteiger partial charge in [0.25, 0.3) is 5.91 Å². The molecule has 0 aliphatic carbocycles. The van der Waals surface area contributed by atoms with Gasteiger partial charge in [0.05, 0.1) is 16.3 Å². The SMILES string of the molecule is NC(=O)c1c(Cl)cccc1N1C[C@@H]2CCCN[C@@H]2C1. The molecule has 2 fully saturated rings. The highest BCUT2D eigenvalue weighted by Crippen LogP contribution is 2.33. The summed E-state index contributed by atoms with van der Waals surface area (Å²) in [5.41, 5.74) is 6.78. The third kappa shape index (κ3) is 2.30. The number of amides is 1. The Kier molecular flexibility index (Phi) is 3.37. The van der Waals surface area contributed by atoms with E-state index in [0.717, 1.165) is 25.3 Å². The van der Waals surface area contributed by atoms with Gasteiger partial charge in [-0.3, -0.25) is 4.79 Å². The summed E-state index contributed by atoms with van der Waals surface area (Å²) in [6, 6.07) is 6.04. The van der Waals surface area contributed by atoms with E-state index in [1.54, 1.807) is 6.07 Å². The summed E-state index contributed by atoms with van der Waals surface area (Å²) in [6.45, 7) is 2.98. The van der Waals surface area contributed by atoms with E-state index in [9.17, 15) is 4.79 Å². The van der Waals surface area contributed by atoms with Crippen molar-refractivity contribution < 1.29 is 4.79 Å². The monoisotopic (exact) mass is 279 g/mol. The molecule has 2 heterocycles. The van der Waals surface area contributed by atoms with Crippen LogP contribution in [0.1, 0.15) is 23.2 Å². The van der Waals surface area contributed by atoms with Gasteiger partial charge in [-0.2, -0.15) is 0 Å². The van der Waals surface area contributed by atoms with Gasteiger partial charge in [0.15, 0.2) is 0 Å². The largest absolute Gasteiger partial charge is 0.369 e. The van der Waals surface area contributed by atoms with E-state index in [1.165, 1.54) is 12.8 Å². The topological polar surface area (TPSA) is 58.4 Å². The Morgan fingerprint density at radius 2 is 2.26 bits per heavy atom. The quantitative estimate of drug-likeness (QED) is 0.865. The summed E-state index contributed by atoms with van der Waals surface area (Å²) in [4.78, 5) is 13.8. The molecule has 1 aromatic carbocycles. The zero-order valence-corrected chi connectivity index (χ0v) is 11.5. The molecular formula is C14H18ClN3O. The highest BCUT2D eigenvalue weighted by Gasteiger charge is 2.35. The average molecular weight is 280 g/mol. The van der Waals surface area contributed by atoms with Crippen LogP contribution >= 0.6 is 11.6 Å². The minimum Gasteiger partial charge on any atom is -0.369 e. The molecule has 3 N–H and O–H groups in total. The molecule has 0 aromatic heterocycles. The third-order valence-corrected chi connectivity index (χ3v) is 4.49. The molecule has 0 spiro atoms. The Balaban J connectivity index is 1.91. The molecule has 2 aliphatic heterocycles. The first-order valence-electron chi connectivity index (χ1n) is 6.73. The molecule has 0 unspecified atom stereocenters. The predicted molar refractivity (Wildman–Crippen MR) is 76.7 cm³/mol. The zero-order chi connectivity index (χ0) is 13.4. The second-order valence-electron chi connectivity index (χ2n) is 5.37. The standard InChI is InChI=1S/C14H18ClN3O/c15-10-4-1-5-12(13(10)14(16)19)18-7-9-3-2-6-17-11(9)8-18/h1,4-5,9,11,17H,2-3,6-8H2,(H2,16,19)/t9-,11+/m0/s1. The lowest BCUT2D eigenvalue weighted by Gasteiger charge is -2.24. The molecule has 1 aromatic rings. The molecule has 0 bridgehead atoms. The maximum atomic E-state index is 11.6. The van der Waals surface area contributed by atoms with Crippen LogP contribution in [0.25, 0.3) is 0 Å². The number of piperidine rings is 1. The van der Waals surface area contributed by atoms with E-state index in [4.69, 9.17) is 17.3 Å². The number of halogens is 1. The van der Waals surface area contributed by atoms with Crippen molar-refractivity contribution in [2.24, 2.45) is 11.7 Å². The number of hydrogen-bond acceptors (Lipinski definition) is 3. The summed E-state index contributed by atoms with van der Waals surface area (Å²) in [7, 11) is 0. The molecule has 102 valence electrons. The number of benzene rings is 1. The molecule has 2 atom stereocenters. The zero-order valence-electron chi connectivity index (χ0n) is 10.7. The summed E-state index contributed by atoms with van der Waals surface area (Å²) in [5, 5.41) is 3.99. The number of primary amides is 1. The Labute approximate surface area is 117 Å². The van der Waals surface area contributed by atoms with Crippen molar-refractivity contribution in [3.63, 3.8) is 0 Å². The van der Waals surface area contributed by atoms with Crippen LogP contribution in [0.4, 0.5) is 5.69 Å². The van der Waals surface area contributed by atoms with Crippen LogP contribution < -0.4 is 16.0 Å². The minimum atomic E-state index is -0.455. The predicted octanol–water partition coefficient (Wildman–Crippen LogP) is 1.63. The van der Waals surface area contributed by atoms with E-state index >= 15 is 0 Å². The Hall–Kier alpha value is -1.26. The van der Waals surface area contributed by atoms with Crippen molar-refractivity contribution in [3.8, 4) is 0 Å². The summed E-state index contributed by atoms with van der Waals surface area (Å²) >= 11 is 6.11. The van der Waals surface area contributed by atoms with E-state index in [2.05, 4.69) is 10.2 Å². The van der Waals surface area contributed by atoms with Gasteiger partial charge < -0.3 is 16.0 Å². The van der Waals surface area contributed by atoms with Crippen LogP contribution in [0.5, 0.6) is 0 Å². The Morgan fingerprint density at radius 3 is 3.00 bits per heavy atom. The molecule has 2 aliphatic rings. The second kappa shape index (κ2) is 5.02. The van der Waals surface area contributed by atoms with Gasteiger partial charge >= 0.3 is 0 Å². The number of carbonyl (C=O) groups excluding carboxylic acids is 1. The molecule has 5 heteroatoms. The van der Waals surface area contributed by atoms with Gasteiger partial charge in [0.1, 0.15) is 0 Å². The van der Waals surface area contributed by atoms with E-state index in [-0.39, 0.29) is 0 Å². The van der Waals surface area contributed by atoms with Crippen molar-refractivity contribution in [2.75, 3.05) is 24.5 Å². The second-order valence-corrected chi connectivity index (χ2v) is 5.77. The molecule has 2 saturated heterocycles. The average Bonchev–Trinajstić information content (AvgIpc) is 2.81. The van der Waals surface area contributed by atoms with Crippen LogP contribution in [-0.2, 0) is 0 Å². The number of fused-ring (bicyclic) bond motifs is 1. The van der Waals surface area contributed by atoms with Crippen molar-refractivity contribution in [2.45, 2.75) is 18.9 Å². The normalized spacial score (nSPS) is 26.3. The first kappa shape index (κ1) is 12.8. The molecule has 0 saturated carbocycles. The third-order valence-electron chi connectivity index (χ3n) is 4.18. The van der Waals surface area contributed by atoms with E-state index in [0.29, 0.717) is 22.5 Å². The number of rotatable bonds is 2. The molecule has 4 nitrogen and oxygen atoms in total.